The molecule has 0 aromatic rings. The molecule has 3 nitrogen and oxygen atoms in total. The molecule has 0 amide bonds. The lowest BCUT2D eigenvalue weighted by Gasteiger charge is -2.20. The van der Waals surface area contributed by atoms with Crippen LogP contribution in [0.25, 0.3) is 0 Å². The van der Waals surface area contributed by atoms with Crippen LogP contribution in [0.2, 0.25) is 0 Å². The summed E-state index contributed by atoms with van der Waals surface area (Å²) in [7, 11) is 1.85. The van der Waals surface area contributed by atoms with Gasteiger partial charge in [-0.15, -0.1) is 0 Å². The molecule has 1 aliphatic carbocycles. The number of nitriles is 1. The molecule has 0 spiro atoms. The summed E-state index contributed by atoms with van der Waals surface area (Å²) in [6, 6.07) is 2.31. The van der Waals surface area contributed by atoms with E-state index in [0.29, 0.717) is 6.10 Å². The van der Waals surface area contributed by atoms with Gasteiger partial charge in [-0.1, -0.05) is 12.8 Å². The molecular weight excluding hydrogens is 200 g/mol. The highest BCUT2D eigenvalue weighted by Gasteiger charge is 2.20. The zero-order valence-corrected chi connectivity index (χ0v) is 10.6. The van der Waals surface area contributed by atoms with Crippen molar-refractivity contribution in [1.82, 2.24) is 5.32 Å². The summed E-state index contributed by atoms with van der Waals surface area (Å²) in [6.45, 7) is 2.81. The van der Waals surface area contributed by atoms with Crippen molar-refractivity contribution >= 4 is 0 Å². The van der Waals surface area contributed by atoms with Crippen LogP contribution < -0.4 is 5.32 Å². The third kappa shape index (κ3) is 4.51. The van der Waals surface area contributed by atoms with E-state index in [4.69, 9.17) is 10.00 Å². The largest absolute Gasteiger partial charge is 0.378 e. The summed E-state index contributed by atoms with van der Waals surface area (Å²) in [4.78, 5) is 0. The van der Waals surface area contributed by atoms with Gasteiger partial charge in [-0.2, -0.15) is 5.26 Å². The van der Waals surface area contributed by atoms with Gasteiger partial charge in [0.2, 0.25) is 0 Å². The molecular formula is C13H24N2O. The van der Waals surface area contributed by atoms with E-state index in [9.17, 15) is 0 Å². The van der Waals surface area contributed by atoms with Crippen molar-refractivity contribution in [1.29, 1.82) is 5.26 Å². The molecule has 0 aromatic heterocycles. The number of unbranched alkanes of at least 4 members (excludes halogenated alkanes) is 1. The molecule has 1 rings (SSSR count). The minimum atomic E-state index is -0.368. The van der Waals surface area contributed by atoms with Crippen molar-refractivity contribution in [3.8, 4) is 6.07 Å². The van der Waals surface area contributed by atoms with Gasteiger partial charge in [-0.05, 0) is 46.1 Å². The van der Waals surface area contributed by atoms with E-state index in [-0.39, 0.29) is 5.54 Å². The molecule has 0 saturated heterocycles. The number of hydrogen-bond donors (Lipinski definition) is 1. The summed E-state index contributed by atoms with van der Waals surface area (Å²) in [6.07, 6.45) is 8.68. The molecule has 1 saturated carbocycles. The van der Waals surface area contributed by atoms with E-state index in [0.717, 1.165) is 25.9 Å². The first-order chi connectivity index (χ1) is 7.70. The molecule has 0 aliphatic heterocycles. The third-order valence-electron chi connectivity index (χ3n) is 3.53. The molecule has 0 heterocycles. The predicted octanol–water partition coefficient (Wildman–Crippen LogP) is 2.62. The van der Waals surface area contributed by atoms with Crippen LogP contribution in [-0.2, 0) is 4.74 Å². The zero-order valence-electron chi connectivity index (χ0n) is 10.6. The average Bonchev–Trinajstić information content (AvgIpc) is 2.81. The highest BCUT2D eigenvalue weighted by Crippen LogP contribution is 2.21. The number of nitrogens with one attached hydrogen (secondary N) is 1. The minimum absolute atomic E-state index is 0.368. The molecule has 92 valence electrons. The standard InChI is InChI=1S/C13H24N2O/c1-13(11-14,15-2)9-5-6-10-16-12-7-3-4-8-12/h12,15H,3-10H2,1-2H3. The minimum Gasteiger partial charge on any atom is -0.378 e. The van der Waals surface area contributed by atoms with Gasteiger partial charge in [-0.3, -0.25) is 0 Å². The summed E-state index contributed by atoms with van der Waals surface area (Å²) >= 11 is 0. The molecule has 1 unspecified atom stereocenters. The van der Waals surface area contributed by atoms with Crippen LogP contribution >= 0.6 is 0 Å². The van der Waals surface area contributed by atoms with Crippen LogP contribution in [0, 0.1) is 11.3 Å². The first-order valence-corrected chi connectivity index (χ1v) is 6.42. The first-order valence-electron chi connectivity index (χ1n) is 6.42. The lowest BCUT2D eigenvalue weighted by molar-refractivity contribution is 0.0551. The SMILES string of the molecule is CNC(C)(C#N)CCCCOC1CCCC1. The molecule has 1 fully saturated rings. The fourth-order valence-corrected chi connectivity index (χ4v) is 2.12. The van der Waals surface area contributed by atoms with Crippen molar-refractivity contribution in [3.05, 3.63) is 0 Å². The Morgan fingerprint density at radius 1 is 1.38 bits per heavy atom. The summed E-state index contributed by atoms with van der Waals surface area (Å²) in [5.41, 5.74) is -0.368. The Morgan fingerprint density at radius 2 is 2.06 bits per heavy atom. The van der Waals surface area contributed by atoms with Crippen LogP contribution in [0.3, 0.4) is 0 Å². The Balaban J connectivity index is 2.01. The topological polar surface area (TPSA) is 45.0 Å². The smallest absolute Gasteiger partial charge is 0.103 e. The molecule has 1 aliphatic rings. The van der Waals surface area contributed by atoms with Gasteiger partial charge >= 0.3 is 0 Å². The van der Waals surface area contributed by atoms with Crippen molar-refractivity contribution in [2.75, 3.05) is 13.7 Å². The fourth-order valence-electron chi connectivity index (χ4n) is 2.12. The van der Waals surface area contributed by atoms with Crippen LogP contribution in [-0.4, -0.2) is 25.3 Å². The number of rotatable bonds is 7. The summed E-state index contributed by atoms with van der Waals surface area (Å²) < 4.78 is 5.78. The molecule has 1 atom stereocenters. The maximum atomic E-state index is 8.97. The van der Waals surface area contributed by atoms with Crippen molar-refractivity contribution in [2.45, 2.75) is 63.5 Å². The highest BCUT2D eigenvalue weighted by molar-refractivity contribution is 5.02. The van der Waals surface area contributed by atoms with Crippen molar-refractivity contribution in [2.24, 2.45) is 0 Å². The Labute approximate surface area is 99.2 Å². The van der Waals surface area contributed by atoms with Crippen LogP contribution in [0.4, 0.5) is 0 Å². The molecule has 0 aromatic carbocycles. The van der Waals surface area contributed by atoms with Crippen LogP contribution in [0.5, 0.6) is 0 Å². The Kier molecular flexibility index (Phi) is 5.79. The second kappa shape index (κ2) is 6.88. The Bertz CT molecular complexity index is 231. The van der Waals surface area contributed by atoms with Gasteiger partial charge in [0.25, 0.3) is 0 Å². The van der Waals surface area contributed by atoms with Gasteiger partial charge in [0.15, 0.2) is 0 Å². The maximum Gasteiger partial charge on any atom is 0.103 e. The fraction of sp³-hybridized carbons (Fsp3) is 0.923. The van der Waals surface area contributed by atoms with Crippen molar-refractivity contribution in [3.63, 3.8) is 0 Å². The van der Waals surface area contributed by atoms with Crippen LogP contribution in [0.1, 0.15) is 51.9 Å². The quantitative estimate of drug-likeness (QED) is 0.676. The Hall–Kier alpha value is -0.590. The molecule has 16 heavy (non-hydrogen) atoms. The van der Waals surface area contributed by atoms with Crippen molar-refractivity contribution < 1.29 is 4.74 Å². The molecule has 3 heteroatoms. The van der Waals surface area contributed by atoms with E-state index >= 15 is 0 Å². The Morgan fingerprint density at radius 3 is 2.62 bits per heavy atom. The van der Waals surface area contributed by atoms with Gasteiger partial charge in [-0.25, -0.2) is 0 Å². The molecule has 0 bridgehead atoms. The summed E-state index contributed by atoms with van der Waals surface area (Å²) in [5, 5.41) is 12.0. The van der Waals surface area contributed by atoms with E-state index < -0.39 is 0 Å². The van der Waals surface area contributed by atoms with E-state index in [1.165, 1.54) is 25.7 Å². The second-order valence-electron chi connectivity index (χ2n) is 4.93. The molecule has 1 N–H and O–H groups in total. The lowest BCUT2D eigenvalue weighted by Crippen LogP contribution is -2.37. The number of ether oxygens (including phenoxy) is 1. The van der Waals surface area contributed by atoms with E-state index in [2.05, 4.69) is 11.4 Å². The number of hydrogen-bond acceptors (Lipinski definition) is 3. The van der Waals surface area contributed by atoms with Crippen LogP contribution in [0.15, 0.2) is 0 Å². The normalized spacial score (nSPS) is 20.6. The summed E-state index contributed by atoms with van der Waals surface area (Å²) in [5.74, 6) is 0. The first kappa shape index (κ1) is 13.5. The third-order valence-corrected chi connectivity index (χ3v) is 3.53. The van der Waals surface area contributed by atoms with Gasteiger partial charge in [0.05, 0.1) is 12.2 Å². The van der Waals surface area contributed by atoms with Gasteiger partial charge < -0.3 is 10.1 Å². The number of nitrogens with zero attached hydrogens (tertiary/aromatic N) is 1. The van der Waals surface area contributed by atoms with E-state index in [1.807, 2.05) is 14.0 Å². The van der Waals surface area contributed by atoms with E-state index in [1.54, 1.807) is 0 Å². The zero-order chi connectivity index (χ0) is 11.9. The second-order valence-corrected chi connectivity index (χ2v) is 4.93. The predicted molar refractivity (Wildman–Crippen MR) is 65.1 cm³/mol. The van der Waals surface area contributed by atoms with Gasteiger partial charge in [0.1, 0.15) is 5.54 Å². The highest BCUT2D eigenvalue weighted by atomic mass is 16.5. The van der Waals surface area contributed by atoms with Gasteiger partial charge in [0, 0.05) is 6.61 Å². The maximum absolute atomic E-state index is 8.97. The lowest BCUT2D eigenvalue weighted by atomic mass is 9.97. The average molecular weight is 224 g/mol. The monoisotopic (exact) mass is 224 g/mol. The molecule has 0 radical (unpaired) electrons.